The molecule has 2 aromatic rings. The third-order valence-corrected chi connectivity index (χ3v) is 4.49. The van der Waals surface area contributed by atoms with E-state index in [4.69, 9.17) is 4.74 Å². The standard InChI is InChI=1S/C19H25N5O3/c1-3-27-17-6-4-16(5-7-17)24-13-12-23(19(24)26)14-18(25)21-9-11-22-10-8-20-15(22)2/h4-8,10H,3,9,11-14H2,1-2H3,(H,21,25). The van der Waals surface area contributed by atoms with Crippen LogP contribution < -0.4 is 15.0 Å². The maximum atomic E-state index is 12.6. The van der Waals surface area contributed by atoms with Crippen molar-refractivity contribution in [2.75, 3.05) is 37.7 Å². The number of nitrogens with zero attached hydrogens (tertiary/aromatic N) is 4. The van der Waals surface area contributed by atoms with E-state index >= 15 is 0 Å². The Kier molecular flexibility index (Phi) is 5.95. The van der Waals surface area contributed by atoms with Crippen molar-refractivity contribution in [2.24, 2.45) is 0 Å². The molecule has 1 aliphatic rings. The number of anilines is 1. The molecule has 0 radical (unpaired) electrons. The molecule has 1 aromatic carbocycles. The molecule has 0 atom stereocenters. The quantitative estimate of drug-likeness (QED) is 0.765. The molecular formula is C19H25N5O3. The summed E-state index contributed by atoms with van der Waals surface area (Å²) in [5.74, 6) is 1.52. The van der Waals surface area contributed by atoms with Crippen LogP contribution >= 0.6 is 0 Å². The summed E-state index contributed by atoms with van der Waals surface area (Å²) in [6.45, 7) is 6.76. The fourth-order valence-corrected chi connectivity index (χ4v) is 3.04. The molecule has 0 bridgehead atoms. The number of hydrogen-bond donors (Lipinski definition) is 1. The first-order chi connectivity index (χ1) is 13.1. The second-order valence-electron chi connectivity index (χ2n) is 6.30. The first-order valence-corrected chi connectivity index (χ1v) is 9.12. The number of carbonyl (C=O) groups excluding carboxylic acids is 2. The van der Waals surface area contributed by atoms with Crippen LogP contribution in [-0.4, -0.2) is 59.2 Å². The molecule has 3 rings (SSSR count). The molecule has 1 saturated heterocycles. The van der Waals surface area contributed by atoms with Crippen molar-refractivity contribution in [2.45, 2.75) is 20.4 Å². The van der Waals surface area contributed by atoms with Gasteiger partial charge in [-0.3, -0.25) is 9.69 Å². The smallest absolute Gasteiger partial charge is 0.325 e. The molecule has 1 N–H and O–H groups in total. The van der Waals surface area contributed by atoms with Crippen molar-refractivity contribution in [3.63, 3.8) is 0 Å². The molecule has 27 heavy (non-hydrogen) atoms. The van der Waals surface area contributed by atoms with Gasteiger partial charge < -0.3 is 19.5 Å². The lowest BCUT2D eigenvalue weighted by molar-refractivity contribution is -0.121. The number of ether oxygens (including phenoxy) is 1. The van der Waals surface area contributed by atoms with Crippen molar-refractivity contribution in [3.05, 3.63) is 42.5 Å². The van der Waals surface area contributed by atoms with E-state index in [1.807, 2.05) is 48.9 Å². The number of amides is 3. The normalized spacial score (nSPS) is 13.9. The monoisotopic (exact) mass is 371 g/mol. The van der Waals surface area contributed by atoms with Gasteiger partial charge in [-0.2, -0.15) is 0 Å². The topological polar surface area (TPSA) is 79.7 Å². The van der Waals surface area contributed by atoms with Crippen LogP contribution in [0, 0.1) is 6.92 Å². The van der Waals surface area contributed by atoms with E-state index in [1.54, 1.807) is 16.0 Å². The van der Waals surface area contributed by atoms with Crippen molar-refractivity contribution >= 4 is 17.6 Å². The van der Waals surface area contributed by atoms with Gasteiger partial charge in [0.15, 0.2) is 0 Å². The summed E-state index contributed by atoms with van der Waals surface area (Å²) in [6.07, 6.45) is 3.61. The summed E-state index contributed by atoms with van der Waals surface area (Å²) in [5, 5.41) is 2.86. The van der Waals surface area contributed by atoms with Crippen molar-refractivity contribution < 1.29 is 14.3 Å². The minimum atomic E-state index is -0.158. The molecule has 0 unspecified atom stereocenters. The Morgan fingerprint density at radius 2 is 2.04 bits per heavy atom. The van der Waals surface area contributed by atoms with Gasteiger partial charge in [0.1, 0.15) is 18.1 Å². The largest absolute Gasteiger partial charge is 0.494 e. The van der Waals surface area contributed by atoms with Gasteiger partial charge in [-0.25, -0.2) is 9.78 Å². The number of aryl methyl sites for hydroxylation is 1. The summed E-state index contributed by atoms with van der Waals surface area (Å²) >= 11 is 0. The Labute approximate surface area is 158 Å². The molecule has 8 nitrogen and oxygen atoms in total. The summed E-state index contributed by atoms with van der Waals surface area (Å²) in [6, 6.07) is 7.26. The fourth-order valence-electron chi connectivity index (χ4n) is 3.04. The average molecular weight is 371 g/mol. The summed E-state index contributed by atoms with van der Waals surface area (Å²) in [7, 11) is 0. The Morgan fingerprint density at radius 1 is 1.26 bits per heavy atom. The van der Waals surface area contributed by atoms with Gasteiger partial charge in [-0.05, 0) is 38.1 Å². The SMILES string of the molecule is CCOc1ccc(N2CCN(CC(=O)NCCn3ccnc3C)C2=O)cc1. The van der Waals surface area contributed by atoms with Crippen LogP contribution in [0.1, 0.15) is 12.7 Å². The minimum Gasteiger partial charge on any atom is -0.494 e. The predicted molar refractivity (Wildman–Crippen MR) is 102 cm³/mol. The molecule has 3 amide bonds. The molecule has 2 heterocycles. The van der Waals surface area contributed by atoms with E-state index in [1.165, 1.54) is 0 Å². The van der Waals surface area contributed by atoms with Gasteiger partial charge >= 0.3 is 6.03 Å². The molecular weight excluding hydrogens is 346 g/mol. The van der Waals surface area contributed by atoms with Crippen LogP contribution in [0.4, 0.5) is 10.5 Å². The number of aromatic nitrogens is 2. The molecule has 0 saturated carbocycles. The second kappa shape index (κ2) is 8.57. The molecule has 1 fully saturated rings. The summed E-state index contributed by atoms with van der Waals surface area (Å²) in [4.78, 5) is 32.1. The maximum absolute atomic E-state index is 12.6. The highest BCUT2D eigenvalue weighted by Crippen LogP contribution is 2.23. The Bertz CT molecular complexity index is 787. The van der Waals surface area contributed by atoms with Crippen molar-refractivity contribution in [3.8, 4) is 5.75 Å². The number of urea groups is 1. The Hall–Kier alpha value is -3.03. The predicted octanol–water partition coefficient (Wildman–Crippen LogP) is 1.65. The fraction of sp³-hybridized carbons (Fsp3) is 0.421. The van der Waals surface area contributed by atoms with Gasteiger partial charge in [0.2, 0.25) is 5.91 Å². The van der Waals surface area contributed by atoms with E-state index in [0.29, 0.717) is 32.8 Å². The van der Waals surface area contributed by atoms with Crippen LogP contribution in [0.15, 0.2) is 36.7 Å². The minimum absolute atomic E-state index is 0.0648. The molecule has 8 heteroatoms. The van der Waals surface area contributed by atoms with Crippen LogP contribution in [-0.2, 0) is 11.3 Å². The van der Waals surface area contributed by atoms with Crippen LogP contribution in [0.5, 0.6) is 5.75 Å². The van der Waals surface area contributed by atoms with Gasteiger partial charge in [-0.15, -0.1) is 0 Å². The number of hydrogen-bond acceptors (Lipinski definition) is 4. The maximum Gasteiger partial charge on any atom is 0.325 e. The number of carbonyl (C=O) groups is 2. The molecule has 0 spiro atoms. The molecule has 0 aliphatic carbocycles. The van der Waals surface area contributed by atoms with Crippen molar-refractivity contribution in [1.29, 1.82) is 0 Å². The highest BCUT2D eigenvalue weighted by atomic mass is 16.5. The number of imidazole rings is 1. The van der Waals surface area contributed by atoms with E-state index in [-0.39, 0.29) is 18.5 Å². The molecule has 1 aromatic heterocycles. The van der Waals surface area contributed by atoms with E-state index in [0.717, 1.165) is 17.3 Å². The van der Waals surface area contributed by atoms with Gasteiger partial charge in [0.25, 0.3) is 0 Å². The van der Waals surface area contributed by atoms with E-state index < -0.39 is 0 Å². The lowest BCUT2D eigenvalue weighted by Crippen LogP contribution is -2.40. The lowest BCUT2D eigenvalue weighted by atomic mass is 10.3. The van der Waals surface area contributed by atoms with Gasteiger partial charge in [0.05, 0.1) is 6.61 Å². The number of nitrogens with one attached hydrogen (secondary N) is 1. The van der Waals surface area contributed by atoms with E-state index in [2.05, 4.69) is 10.3 Å². The lowest BCUT2D eigenvalue weighted by Gasteiger charge is -2.19. The highest BCUT2D eigenvalue weighted by molar-refractivity contribution is 5.96. The number of benzene rings is 1. The van der Waals surface area contributed by atoms with Crippen molar-refractivity contribution in [1.82, 2.24) is 19.8 Å². The Morgan fingerprint density at radius 3 is 2.70 bits per heavy atom. The average Bonchev–Trinajstić information content (AvgIpc) is 3.22. The molecule has 144 valence electrons. The number of rotatable bonds is 8. The van der Waals surface area contributed by atoms with Gasteiger partial charge in [0, 0.05) is 44.3 Å². The zero-order valence-corrected chi connectivity index (χ0v) is 15.7. The highest BCUT2D eigenvalue weighted by Gasteiger charge is 2.30. The second-order valence-corrected chi connectivity index (χ2v) is 6.30. The Balaban J connectivity index is 1.47. The van der Waals surface area contributed by atoms with E-state index in [9.17, 15) is 9.59 Å². The first-order valence-electron chi connectivity index (χ1n) is 9.12. The van der Waals surface area contributed by atoms with Crippen LogP contribution in [0.2, 0.25) is 0 Å². The zero-order chi connectivity index (χ0) is 19.2. The summed E-state index contributed by atoms with van der Waals surface area (Å²) < 4.78 is 7.39. The van der Waals surface area contributed by atoms with Crippen LogP contribution in [0.3, 0.4) is 0 Å². The third-order valence-electron chi connectivity index (χ3n) is 4.49. The van der Waals surface area contributed by atoms with Crippen LogP contribution in [0.25, 0.3) is 0 Å². The zero-order valence-electron chi connectivity index (χ0n) is 15.7. The summed E-state index contributed by atoms with van der Waals surface area (Å²) in [5.41, 5.74) is 0.807. The third kappa shape index (κ3) is 4.58. The molecule has 1 aliphatic heterocycles. The first kappa shape index (κ1) is 18.8. The van der Waals surface area contributed by atoms with Gasteiger partial charge in [-0.1, -0.05) is 0 Å².